The SMILES string of the molecule is Cc1nc(Nc2ccccc2CCl)sc1C. The summed E-state index contributed by atoms with van der Waals surface area (Å²) in [5.74, 6) is 0.506. The molecular weight excluding hydrogens is 240 g/mol. The van der Waals surface area contributed by atoms with Crippen molar-refractivity contribution in [2.45, 2.75) is 19.7 Å². The van der Waals surface area contributed by atoms with Crippen molar-refractivity contribution in [3.05, 3.63) is 40.4 Å². The molecule has 1 N–H and O–H groups in total. The van der Waals surface area contributed by atoms with Gasteiger partial charge in [-0.15, -0.1) is 22.9 Å². The van der Waals surface area contributed by atoms with Crippen LogP contribution in [0, 0.1) is 13.8 Å². The molecule has 0 saturated carbocycles. The van der Waals surface area contributed by atoms with E-state index in [9.17, 15) is 0 Å². The maximum absolute atomic E-state index is 5.88. The smallest absolute Gasteiger partial charge is 0.187 e. The summed E-state index contributed by atoms with van der Waals surface area (Å²) in [6.07, 6.45) is 0. The molecule has 16 heavy (non-hydrogen) atoms. The van der Waals surface area contributed by atoms with Gasteiger partial charge < -0.3 is 5.32 Å². The van der Waals surface area contributed by atoms with Crippen LogP contribution < -0.4 is 5.32 Å². The number of halogens is 1. The molecule has 1 aromatic carbocycles. The van der Waals surface area contributed by atoms with Crippen LogP contribution in [-0.4, -0.2) is 4.98 Å². The fraction of sp³-hybridized carbons (Fsp3) is 0.250. The van der Waals surface area contributed by atoms with Gasteiger partial charge in [-0.1, -0.05) is 18.2 Å². The quantitative estimate of drug-likeness (QED) is 0.827. The average Bonchev–Trinajstić information content (AvgIpc) is 2.59. The Kier molecular flexibility index (Phi) is 3.46. The van der Waals surface area contributed by atoms with Crippen LogP contribution in [0.1, 0.15) is 16.1 Å². The molecule has 0 aliphatic carbocycles. The molecule has 0 aliphatic rings. The van der Waals surface area contributed by atoms with E-state index in [0.29, 0.717) is 5.88 Å². The predicted octanol–water partition coefficient (Wildman–Crippen LogP) is 4.24. The van der Waals surface area contributed by atoms with Gasteiger partial charge in [0, 0.05) is 16.4 Å². The third kappa shape index (κ3) is 2.36. The van der Waals surface area contributed by atoms with Crippen LogP contribution in [0.25, 0.3) is 0 Å². The minimum Gasteiger partial charge on any atom is -0.331 e. The molecule has 0 radical (unpaired) electrons. The van der Waals surface area contributed by atoms with Crippen LogP contribution in [0.4, 0.5) is 10.8 Å². The zero-order valence-corrected chi connectivity index (χ0v) is 10.8. The number of hydrogen-bond donors (Lipinski definition) is 1. The van der Waals surface area contributed by atoms with Crippen molar-refractivity contribution in [3.63, 3.8) is 0 Å². The van der Waals surface area contributed by atoms with Gasteiger partial charge in [0.15, 0.2) is 5.13 Å². The average molecular weight is 253 g/mol. The highest BCUT2D eigenvalue weighted by molar-refractivity contribution is 7.15. The number of aromatic nitrogens is 1. The molecule has 0 saturated heterocycles. The van der Waals surface area contributed by atoms with E-state index in [1.165, 1.54) is 4.88 Å². The summed E-state index contributed by atoms with van der Waals surface area (Å²) in [5.41, 5.74) is 3.21. The predicted molar refractivity (Wildman–Crippen MR) is 70.9 cm³/mol. The molecule has 0 unspecified atom stereocenters. The number of thiazole rings is 1. The van der Waals surface area contributed by atoms with Crippen LogP contribution in [0.3, 0.4) is 0 Å². The van der Waals surface area contributed by atoms with E-state index in [1.807, 2.05) is 31.2 Å². The lowest BCUT2D eigenvalue weighted by Gasteiger charge is -2.06. The third-order valence-corrected chi connectivity index (χ3v) is 3.71. The topological polar surface area (TPSA) is 24.9 Å². The first-order valence-electron chi connectivity index (χ1n) is 5.05. The zero-order chi connectivity index (χ0) is 11.5. The number of rotatable bonds is 3. The fourth-order valence-corrected chi connectivity index (χ4v) is 2.46. The minimum atomic E-state index is 0.506. The van der Waals surface area contributed by atoms with Gasteiger partial charge in [-0.25, -0.2) is 4.98 Å². The van der Waals surface area contributed by atoms with Gasteiger partial charge >= 0.3 is 0 Å². The van der Waals surface area contributed by atoms with E-state index in [-0.39, 0.29) is 0 Å². The van der Waals surface area contributed by atoms with Crippen LogP contribution >= 0.6 is 22.9 Å². The molecule has 1 aromatic heterocycles. The minimum absolute atomic E-state index is 0.506. The van der Waals surface area contributed by atoms with E-state index in [1.54, 1.807) is 11.3 Å². The first-order chi connectivity index (χ1) is 7.70. The monoisotopic (exact) mass is 252 g/mol. The van der Waals surface area contributed by atoms with E-state index in [4.69, 9.17) is 11.6 Å². The second-order valence-corrected chi connectivity index (χ2v) is 5.05. The molecule has 84 valence electrons. The van der Waals surface area contributed by atoms with Crippen molar-refractivity contribution in [3.8, 4) is 0 Å². The molecule has 1 heterocycles. The van der Waals surface area contributed by atoms with Crippen molar-refractivity contribution in [2.75, 3.05) is 5.32 Å². The molecule has 0 amide bonds. The molecule has 0 spiro atoms. The van der Waals surface area contributed by atoms with Crippen LogP contribution in [0.15, 0.2) is 24.3 Å². The summed E-state index contributed by atoms with van der Waals surface area (Å²) in [5, 5.41) is 4.23. The van der Waals surface area contributed by atoms with Gasteiger partial charge in [0.1, 0.15) is 0 Å². The maximum Gasteiger partial charge on any atom is 0.187 e. The van der Waals surface area contributed by atoms with Gasteiger partial charge in [-0.3, -0.25) is 0 Å². The second kappa shape index (κ2) is 4.85. The lowest BCUT2D eigenvalue weighted by molar-refractivity contribution is 1.22. The van der Waals surface area contributed by atoms with Gasteiger partial charge in [-0.05, 0) is 25.5 Å². The molecule has 0 fully saturated rings. The van der Waals surface area contributed by atoms with Gasteiger partial charge in [0.2, 0.25) is 0 Å². The Balaban J connectivity index is 2.26. The number of alkyl halides is 1. The molecule has 2 nitrogen and oxygen atoms in total. The number of nitrogens with zero attached hydrogens (tertiary/aromatic N) is 1. The van der Waals surface area contributed by atoms with E-state index in [2.05, 4.69) is 17.2 Å². The largest absolute Gasteiger partial charge is 0.331 e. The normalized spacial score (nSPS) is 10.4. The van der Waals surface area contributed by atoms with E-state index in [0.717, 1.165) is 22.1 Å². The van der Waals surface area contributed by atoms with Crippen LogP contribution in [0.5, 0.6) is 0 Å². The van der Waals surface area contributed by atoms with Crippen molar-refractivity contribution in [2.24, 2.45) is 0 Å². The molecule has 4 heteroatoms. The Morgan fingerprint density at radius 3 is 2.69 bits per heavy atom. The summed E-state index contributed by atoms with van der Waals surface area (Å²) >= 11 is 7.54. The van der Waals surface area contributed by atoms with Gasteiger partial charge in [0.25, 0.3) is 0 Å². The number of hydrogen-bond acceptors (Lipinski definition) is 3. The lowest BCUT2D eigenvalue weighted by Crippen LogP contribution is -1.93. The Morgan fingerprint density at radius 1 is 1.31 bits per heavy atom. The fourth-order valence-electron chi connectivity index (χ4n) is 1.40. The number of benzene rings is 1. The third-order valence-electron chi connectivity index (χ3n) is 2.43. The summed E-state index contributed by atoms with van der Waals surface area (Å²) < 4.78 is 0. The summed E-state index contributed by atoms with van der Waals surface area (Å²) in [7, 11) is 0. The van der Waals surface area contributed by atoms with Gasteiger partial charge in [-0.2, -0.15) is 0 Å². The molecule has 2 aromatic rings. The Morgan fingerprint density at radius 2 is 2.06 bits per heavy atom. The van der Waals surface area contributed by atoms with Crippen molar-refractivity contribution in [1.82, 2.24) is 4.98 Å². The number of para-hydroxylation sites is 1. The first kappa shape index (κ1) is 11.4. The first-order valence-corrected chi connectivity index (χ1v) is 6.40. The van der Waals surface area contributed by atoms with E-state index >= 15 is 0 Å². The zero-order valence-electron chi connectivity index (χ0n) is 9.25. The standard InChI is InChI=1S/C12H13ClN2S/c1-8-9(2)16-12(14-8)15-11-6-4-3-5-10(11)7-13/h3-6H,7H2,1-2H3,(H,14,15). The Labute approximate surface area is 104 Å². The summed E-state index contributed by atoms with van der Waals surface area (Å²) in [6, 6.07) is 8.01. The second-order valence-electron chi connectivity index (χ2n) is 3.58. The highest BCUT2D eigenvalue weighted by Crippen LogP contribution is 2.27. The lowest BCUT2D eigenvalue weighted by atomic mass is 10.2. The molecule has 2 rings (SSSR count). The van der Waals surface area contributed by atoms with Crippen molar-refractivity contribution in [1.29, 1.82) is 0 Å². The molecule has 0 aliphatic heterocycles. The Bertz CT molecular complexity index is 474. The summed E-state index contributed by atoms with van der Waals surface area (Å²) in [4.78, 5) is 5.69. The highest BCUT2D eigenvalue weighted by atomic mass is 35.5. The highest BCUT2D eigenvalue weighted by Gasteiger charge is 2.05. The number of aryl methyl sites for hydroxylation is 2. The van der Waals surface area contributed by atoms with Crippen LogP contribution in [-0.2, 0) is 5.88 Å². The van der Waals surface area contributed by atoms with Crippen molar-refractivity contribution < 1.29 is 0 Å². The molecule has 0 bridgehead atoms. The van der Waals surface area contributed by atoms with Crippen molar-refractivity contribution >= 4 is 33.8 Å². The van der Waals surface area contributed by atoms with E-state index < -0.39 is 0 Å². The van der Waals surface area contributed by atoms with Crippen LogP contribution in [0.2, 0.25) is 0 Å². The number of anilines is 2. The molecular formula is C12H13ClN2S. The Hall–Kier alpha value is -1.06. The summed E-state index contributed by atoms with van der Waals surface area (Å²) in [6.45, 7) is 4.09. The number of nitrogens with one attached hydrogen (secondary N) is 1. The van der Waals surface area contributed by atoms with Gasteiger partial charge in [0.05, 0.1) is 5.69 Å². The molecule has 0 atom stereocenters. The maximum atomic E-state index is 5.88.